The van der Waals surface area contributed by atoms with Crippen molar-refractivity contribution in [2.24, 2.45) is 5.41 Å². The van der Waals surface area contributed by atoms with Gasteiger partial charge < -0.3 is 15.0 Å². The minimum absolute atomic E-state index is 0.0223. The number of hydrogen-bond acceptors (Lipinski definition) is 7. The van der Waals surface area contributed by atoms with Gasteiger partial charge in [0.05, 0.1) is 6.61 Å². The van der Waals surface area contributed by atoms with Crippen molar-refractivity contribution < 1.29 is 14.3 Å². The van der Waals surface area contributed by atoms with E-state index in [1.807, 2.05) is 45.0 Å². The Kier molecular flexibility index (Phi) is 8.00. The van der Waals surface area contributed by atoms with Gasteiger partial charge in [-0.1, -0.05) is 26.8 Å². The van der Waals surface area contributed by atoms with E-state index in [1.54, 1.807) is 31.9 Å². The summed E-state index contributed by atoms with van der Waals surface area (Å²) in [6, 6.07) is 9.11. The van der Waals surface area contributed by atoms with E-state index in [1.165, 1.54) is 10.8 Å². The van der Waals surface area contributed by atoms with Crippen LogP contribution in [0.3, 0.4) is 0 Å². The van der Waals surface area contributed by atoms with Gasteiger partial charge >= 0.3 is 5.97 Å². The lowest BCUT2D eigenvalue weighted by molar-refractivity contribution is -0.136. The monoisotopic (exact) mass is 456 g/mol. The largest absolute Gasteiger partial charge is 0.462 e. The Balaban J connectivity index is 2.47. The van der Waals surface area contributed by atoms with Crippen molar-refractivity contribution in [1.82, 2.24) is 4.57 Å². The highest BCUT2D eigenvalue weighted by atomic mass is 32.1. The average molecular weight is 457 g/mol. The van der Waals surface area contributed by atoms with Crippen LogP contribution in [0.4, 0.5) is 11.4 Å². The molecule has 2 aromatic rings. The van der Waals surface area contributed by atoms with Crippen LogP contribution in [0.15, 0.2) is 29.1 Å². The minimum Gasteiger partial charge on any atom is -0.462 e. The van der Waals surface area contributed by atoms with Gasteiger partial charge in [-0.25, -0.2) is 4.79 Å². The Bertz CT molecular complexity index is 1230. The van der Waals surface area contributed by atoms with Crippen molar-refractivity contribution in [2.45, 2.75) is 41.2 Å². The second-order valence-corrected chi connectivity index (χ2v) is 9.01. The molecule has 1 aromatic carbocycles. The summed E-state index contributed by atoms with van der Waals surface area (Å²) in [5.74, 6) is -0.775. The first-order valence-electron chi connectivity index (χ1n) is 10.2. The molecule has 1 heterocycles. The number of aromatic nitrogens is 1. The summed E-state index contributed by atoms with van der Waals surface area (Å²) in [6.45, 7) is 9.43. The van der Waals surface area contributed by atoms with Gasteiger partial charge in [0.15, 0.2) is 5.57 Å². The fourth-order valence-electron chi connectivity index (χ4n) is 2.95. The first kappa shape index (κ1) is 24.9. The normalized spacial score (nSPS) is 12.7. The van der Waals surface area contributed by atoms with E-state index in [-0.39, 0.29) is 28.3 Å². The summed E-state index contributed by atoms with van der Waals surface area (Å²) in [5.41, 5.74) is 0.372. The molecule has 0 saturated carbocycles. The Morgan fingerprint density at radius 1 is 1.31 bits per heavy atom. The van der Waals surface area contributed by atoms with Crippen LogP contribution in [-0.2, 0) is 20.9 Å². The molecule has 32 heavy (non-hydrogen) atoms. The number of amides is 1. The number of carbonyl (C=O) groups excluding carboxylic acids is 2. The Hall–Kier alpha value is -3.38. The van der Waals surface area contributed by atoms with E-state index in [0.717, 1.165) is 11.3 Å². The lowest BCUT2D eigenvalue weighted by Gasteiger charge is -2.26. The number of nitriles is 1. The summed E-state index contributed by atoms with van der Waals surface area (Å²) in [6.07, 6.45) is 1.54. The zero-order valence-corrected chi connectivity index (χ0v) is 20.0. The highest BCUT2D eigenvalue weighted by molar-refractivity contribution is 7.07. The molecule has 1 aromatic heterocycles. The van der Waals surface area contributed by atoms with E-state index in [4.69, 9.17) is 4.74 Å². The van der Waals surface area contributed by atoms with Crippen LogP contribution in [0.2, 0.25) is 0 Å². The standard InChI is InChI=1S/C23H28N4O4S/c1-7-27-19(28)18(32-20(27)17(13-24)21(29)31-8-2)14-25-15-10-9-11-16(12-15)26(6)22(30)23(3,4)5/h9-12,14,25H,7-8H2,1-6H3/b18-14+,20-17-. The third-order valence-electron chi connectivity index (χ3n) is 4.58. The first-order chi connectivity index (χ1) is 15.0. The van der Waals surface area contributed by atoms with Crippen LogP contribution in [0.25, 0.3) is 11.8 Å². The fourth-order valence-corrected chi connectivity index (χ4v) is 4.03. The zero-order valence-electron chi connectivity index (χ0n) is 19.2. The van der Waals surface area contributed by atoms with E-state index in [9.17, 15) is 19.6 Å². The topological polar surface area (TPSA) is 104 Å². The Labute approximate surface area is 191 Å². The van der Waals surface area contributed by atoms with Gasteiger partial charge in [-0.2, -0.15) is 5.26 Å². The Morgan fingerprint density at radius 3 is 2.56 bits per heavy atom. The number of anilines is 2. The van der Waals surface area contributed by atoms with E-state index in [0.29, 0.717) is 22.5 Å². The molecule has 1 N–H and O–H groups in total. The van der Waals surface area contributed by atoms with Gasteiger partial charge in [-0.15, -0.1) is 11.3 Å². The highest BCUT2D eigenvalue weighted by Gasteiger charge is 2.25. The van der Waals surface area contributed by atoms with Gasteiger partial charge in [0.1, 0.15) is 15.3 Å². The third kappa shape index (κ3) is 5.45. The summed E-state index contributed by atoms with van der Waals surface area (Å²) in [7, 11) is 1.72. The second-order valence-electron chi connectivity index (χ2n) is 7.98. The molecule has 0 aliphatic rings. The molecule has 0 unspecified atom stereocenters. The quantitative estimate of drug-likeness (QED) is 0.667. The van der Waals surface area contributed by atoms with Crippen molar-refractivity contribution >= 4 is 46.4 Å². The molecule has 0 atom stereocenters. The van der Waals surface area contributed by atoms with Crippen LogP contribution < -0.4 is 25.0 Å². The van der Waals surface area contributed by atoms with Crippen LogP contribution in [0.1, 0.15) is 34.6 Å². The minimum atomic E-state index is -0.753. The maximum atomic E-state index is 12.8. The molecule has 0 fully saturated rings. The molecule has 170 valence electrons. The molecule has 2 rings (SSSR count). The lowest BCUT2D eigenvalue weighted by atomic mass is 9.94. The Morgan fingerprint density at radius 2 is 2.00 bits per heavy atom. The molecule has 0 spiro atoms. The summed E-state index contributed by atoms with van der Waals surface area (Å²) in [4.78, 5) is 39.1. The zero-order chi connectivity index (χ0) is 24.1. The highest BCUT2D eigenvalue weighted by Crippen LogP contribution is 2.24. The number of esters is 1. The summed E-state index contributed by atoms with van der Waals surface area (Å²) < 4.78 is 6.91. The molecular weight excluding hydrogens is 428 g/mol. The van der Waals surface area contributed by atoms with Crippen molar-refractivity contribution in [2.75, 3.05) is 23.9 Å². The van der Waals surface area contributed by atoms with Crippen molar-refractivity contribution in [3.05, 3.63) is 43.8 Å². The van der Waals surface area contributed by atoms with E-state index in [2.05, 4.69) is 5.32 Å². The van der Waals surface area contributed by atoms with Gasteiger partial charge in [0.2, 0.25) is 5.91 Å². The molecule has 0 radical (unpaired) electrons. The number of ether oxygens (including phenoxy) is 1. The lowest BCUT2D eigenvalue weighted by Crippen LogP contribution is -2.36. The fraction of sp³-hybridized carbons (Fsp3) is 0.391. The predicted molar refractivity (Wildman–Crippen MR) is 127 cm³/mol. The molecule has 0 bridgehead atoms. The number of nitrogens with zero attached hydrogens (tertiary/aromatic N) is 3. The number of benzene rings is 1. The summed E-state index contributed by atoms with van der Waals surface area (Å²) in [5, 5.41) is 12.5. The number of carbonyl (C=O) groups is 2. The van der Waals surface area contributed by atoms with Crippen LogP contribution in [0.5, 0.6) is 0 Å². The smallest absolute Gasteiger partial charge is 0.351 e. The van der Waals surface area contributed by atoms with Crippen molar-refractivity contribution in [3.8, 4) is 6.07 Å². The molecule has 8 nitrogen and oxygen atoms in total. The average Bonchev–Trinajstić information content (AvgIpc) is 3.06. The van der Waals surface area contributed by atoms with Crippen LogP contribution >= 0.6 is 11.3 Å². The van der Waals surface area contributed by atoms with Gasteiger partial charge in [-0.05, 0) is 32.0 Å². The molecule has 1 amide bonds. The SMILES string of the molecule is CCOC(=O)/C(C#N)=c1\s/c(=C/Nc2cccc(N(C)C(=O)C(C)(C)C)c2)c(=O)n1CC. The molecule has 0 saturated heterocycles. The molecule has 0 aliphatic carbocycles. The molecule has 9 heteroatoms. The van der Waals surface area contributed by atoms with Crippen molar-refractivity contribution in [3.63, 3.8) is 0 Å². The number of hydrogen-bond donors (Lipinski definition) is 1. The maximum Gasteiger partial charge on any atom is 0.351 e. The number of thiazole rings is 1. The second kappa shape index (κ2) is 10.3. The molecular formula is C23H28N4O4S. The van der Waals surface area contributed by atoms with Gasteiger partial charge in [-0.3, -0.25) is 14.2 Å². The van der Waals surface area contributed by atoms with E-state index >= 15 is 0 Å². The predicted octanol–water partition coefficient (Wildman–Crippen LogP) is 2.03. The van der Waals surface area contributed by atoms with Crippen molar-refractivity contribution in [1.29, 1.82) is 5.26 Å². The number of nitrogens with one attached hydrogen (secondary N) is 1. The summed E-state index contributed by atoms with van der Waals surface area (Å²) >= 11 is 1.04. The van der Waals surface area contributed by atoms with Crippen LogP contribution in [0, 0.1) is 16.7 Å². The number of rotatable bonds is 6. The first-order valence-corrected chi connectivity index (χ1v) is 11.0. The third-order valence-corrected chi connectivity index (χ3v) is 5.71. The van der Waals surface area contributed by atoms with Gasteiger partial charge in [0, 0.05) is 36.6 Å². The van der Waals surface area contributed by atoms with E-state index < -0.39 is 11.4 Å². The van der Waals surface area contributed by atoms with Gasteiger partial charge in [0.25, 0.3) is 5.56 Å². The van der Waals surface area contributed by atoms with Crippen LogP contribution in [-0.4, -0.2) is 30.1 Å². The molecule has 0 aliphatic heterocycles. The maximum absolute atomic E-state index is 12.8.